The highest BCUT2D eigenvalue weighted by molar-refractivity contribution is 5.77. The number of nitrogens with one attached hydrogen (secondary N) is 1. The van der Waals surface area contributed by atoms with Gasteiger partial charge in [0.1, 0.15) is 5.75 Å². The van der Waals surface area contributed by atoms with Gasteiger partial charge in [-0.1, -0.05) is 63.2 Å². The average molecular weight is 395 g/mol. The summed E-state index contributed by atoms with van der Waals surface area (Å²) in [5, 5.41) is 3.13. The van der Waals surface area contributed by atoms with Crippen LogP contribution in [0.15, 0.2) is 54.6 Å². The lowest BCUT2D eigenvalue weighted by atomic mass is 9.87. The number of hydrogen-bond acceptors (Lipinski definition) is 3. The number of hydrogen-bond donors (Lipinski definition) is 1. The fourth-order valence-electron chi connectivity index (χ4n) is 3.84. The Morgan fingerprint density at radius 1 is 1.07 bits per heavy atom. The van der Waals surface area contributed by atoms with Crippen molar-refractivity contribution in [3.05, 3.63) is 65.7 Å². The summed E-state index contributed by atoms with van der Waals surface area (Å²) in [5.41, 5.74) is 2.72. The van der Waals surface area contributed by atoms with Gasteiger partial charge in [-0.2, -0.15) is 0 Å². The number of piperidine rings is 1. The van der Waals surface area contributed by atoms with Crippen molar-refractivity contribution >= 4 is 5.91 Å². The summed E-state index contributed by atoms with van der Waals surface area (Å²) < 4.78 is 5.67. The highest BCUT2D eigenvalue weighted by Crippen LogP contribution is 2.25. The Bertz CT molecular complexity index is 773. The van der Waals surface area contributed by atoms with Crippen LogP contribution in [0.25, 0.3) is 0 Å². The normalized spacial score (nSPS) is 17.0. The molecule has 0 aliphatic carbocycles. The van der Waals surface area contributed by atoms with E-state index in [-0.39, 0.29) is 24.0 Å². The molecule has 4 heteroatoms. The molecule has 1 N–H and O–H groups in total. The number of amides is 1. The van der Waals surface area contributed by atoms with Crippen LogP contribution in [-0.2, 0) is 10.2 Å². The van der Waals surface area contributed by atoms with Crippen molar-refractivity contribution in [3.8, 4) is 5.75 Å². The molecule has 1 saturated heterocycles. The minimum atomic E-state index is -0.0422. The lowest BCUT2D eigenvalue weighted by Crippen LogP contribution is -2.46. The van der Waals surface area contributed by atoms with Gasteiger partial charge in [-0.15, -0.1) is 0 Å². The van der Waals surface area contributed by atoms with Gasteiger partial charge in [0.2, 0.25) is 0 Å². The SMILES string of the molecule is C[C@H](c1ccccc1)N1CCC(NC(=O)COc2ccc(C(C)(C)C)cc2)CC1. The molecule has 1 aliphatic rings. The minimum Gasteiger partial charge on any atom is -0.484 e. The summed E-state index contributed by atoms with van der Waals surface area (Å²) in [7, 11) is 0. The Balaban J connectivity index is 1.41. The maximum atomic E-state index is 12.3. The first-order valence-electron chi connectivity index (χ1n) is 10.6. The molecule has 1 atom stereocenters. The maximum absolute atomic E-state index is 12.3. The summed E-state index contributed by atoms with van der Waals surface area (Å²) in [5.74, 6) is 0.694. The zero-order chi connectivity index (χ0) is 20.9. The Kier molecular flexibility index (Phi) is 6.96. The predicted molar refractivity (Wildman–Crippen MR) is 118 cm³/mol. The zero-order valence-electron chi connectivity index (χ0n) is 18.2. The van der Waals surface area contributed by atoms with Crippen molar-refractivity contribution in [3.63, 3.8) is 0 Å². The van der Waals surface area contributed by atoms with E-state index >= 15 is 0 Å². The standard InChI is InChI=1S/C25H34N2O2/c1-19(20-8-6-5-7-9-20)27-16-14-22(15-17-27)26-24(28)18-29-23-12-10-21(11-13-23)25(2,3)4/h5-13,19,22H,14-18H2,1-4H3,(H,26,28)/t19-/m1/s1. The van der Waals surface area contributed by atoms with Crippen LogP contribution in [0.5, 0.6) is 5.75 Å². The number of likely N-dealkylation sites (tertiary alicyclic amines) is 1. The summed E-state index contributed by atoms with van der Waals surface area (Å²) in [6, 6.07) is 19.3. The zero-order valence-corrected chi connectivity index (χ0v) is 18.2. The first-order chi connectivity index (χ1) is 13.8. The van der Waals surface area contributed by atoms with E-state index in [9.17, 15) is 4.79 Å². The average Bonchev–Trinajstić information content (AvgIpc) is 2.72. The number of carbonyl (C=O) groups excluding carboxylic acids is 1. The molecule has 2 aromatic rings. The van der Waals surface area contributed by atoms with Crippen LogP contribution in [0.4, 0.5) is 0 Å². The lowest BCUT2D eigenvalue weighted by molar-refractivity contribution is -0.124. The summed E-state index contributed by atoms with van der Waals surface area (Å²) in [4.78, 5) is 14.8. The molecule has 0 unspecified atom stereocenters. The number of benzene rings is 2. The first kappa shape index (κ1) is 21.4. The molecule has 0 radical (unpaired) electrons. The summed E-state index contributed by atoms with van der Waals surface area (Å²) in [6.45, 7) is 10.9. The molecular formula is C25H34N2O2. The third-order valence-electron chi connectivity index (χ3n) is 5.81. The number of carbonyl (C=O) groups is 1. The molecule has 1 heterocycles. The van der Waals surface area contributed by atoms with Crippen LogP contribution in [0.1, 0.15) is 57.7 Å². The second-order valence-electron chi connectivity index (χ2n) is 9.03. The molecule has 156 valence electrons. The van der Waals surface area contributed by atoms with E-state index in [4.69, 9.17) is 4.74 Å². The summed E-state index contributed by atoms with van der Waals surface area (Å²) >= 11 is 0. The van der Waals surface area contributed by atoms with E-state index in [1.54, 1.807) is 0 Å². The van der Waals surface area contributed by atoms with E-state index in [1.165, 1.54) is 11.1 Å². The minimum absolute atomic E-state index is 0.0422. The van der Waals surface area contributed by atoms with E-state index in [0.717, 1.165) is 31.7 Å². The molecule has 1 amide bonds. The molecule has 0 spiro atoms. The lowest BCUT2D eigenvalue weighted by Gasteiger charge is -2.36. The van der Waals surface area contributed by atoms with E-state index in [0.29, 0.717) is 6.04 Å². The van der Waals surface area contributed by atoms with E-state index in [1.807, 2.05) is 12.1 Å². The molecular weight excluding hydrogens is 360 g/mol. The molecule has 4 nitrogen and oxygen atoms in total. The highest BCUT2D eigenvalue weighted by atomic mass is 16.5. The van der Waals surface area contributed by atoms with Crippen molar-refractivity contribution in [1.82, 2.24) is 10.2 Å². The number of nitrogens with zero attached hydrogens (tertiary/aromatic N) is 1. The number of rotatable bonds is 6. The van der Waals surface area contributed by atoms with Gasteiger partial charge in [0.05, 0.1) is 0 Å². The molecule has 2 aromatic carbocycles. The smallest absolute Gasteiger partial charge is 0.258 e. The van der Waals surface area contributed by atoms with Crippen molar-refractivity contribution < 1.29 is 9.53 Å². The second kappa shape index (κ2) is 9.45. The van der Waals surface area contributed by atoms with Crippen LogP contribution in [0, 0.1) is 0 Å². The van der Waals surface area contributed by atoms with Crippen molar-refractivity contribution in [1.29, 1.82) is 0 Å². The van der Waals surface area contributed by atoms with Crippen molar-refractivity contribution in [2.75, 3.05) is 19.7 Å². The molecule has 29 heavy (non-hydrogen) atoms. The van der Waals surface area contributed by atoms with Gasteiger partial charge >= 0.3 is 0 Å². The third kappa shape index (κ3) is 6.07. The third-order valence-corrected chi connectivity index (χ3v) is 5.81. The molecule has 1 fully saturated rings. The molecule has 1 aliphatic heterocycles. The number of ether oxygens (including phenoxy) is 1. The maximum Gasteiger partial charge on any atom is 0.258 e. The van der Waals surface area contributed by atoms with Gasteiger partial charge in [-0.25, -0.2) is 0 Å². The molecule has 0 aromatic heterocycles. The van der Waals surface area contributed by atoms with Crippen LogP contribution in [0.3, 0.4) is 0 Å². The second-order valence-corrected chi connectivity index (χ2v) is 9.03. The predicted octanol–water partition coefficient (Wildman–Crippen LogP) is 4.70. The molecule has 0 bridgehead atoms. The van der Waals surface area contributed by atoms with Gasteiger partial charge in [0.25, 0.3) is 5.91 Å². The van der Waals surface area contributed by atoms with Gasteiger partial charge in [-0.05, 0) is 48.4 Å². The van der Waals surface area contributed by atoms with Crippen molar-refractivity contribution in [2.24, 2.45) is 0 Å². The van der Waals surface area contributed by atoms with Crippen molar-refractivity contribution in [2.45, 2.75) is 58.0 Å². The Hall–Kier alpha value is -2.33. The van der Waals surface area contributed by atoms with Crippen LogP contribution in [0.2, 0.25) is 0 Å². The first-order valence-corrected chi connectivity index (χ1v) is 10.6. The van der Waals surface area contributed by atoms with Crippen LogP contribution >= 0.6 is 0 Å². The molecule has 0 saturated carbocycles. The van der Waals surface area contributed by atoms with E-state index < -0.39 is 0 Å². The van der Waals surface area contributed by atoms with Gasteiger partial charge in [0, 0.05) is 25.2 Å². The highest BCUT2D eigenvalue weighted by Gasteiger charge is 2.24. The Labute approximate surface area is 175 Å². The monoisotopic (exact) mass is 394 g/mol. The molecule has 3 rings (SSSR count). The van der Waals surface area contributed by atoms with Crippen LogP contribution < -0.4 is 10.1 Å². The van der Waals surface area contributed by atoms with Crippen LogP contribution in [-0.4, -0.2) is 36.5 Å². The quantitative estimate of drug-likeness (QED) is 0.772. The fraction of sp³-hybridized carbons (Fsp3) is 0.480. The Morgan fingerprint density at radius 3 is 2.28 bits per heavy atom. The topological polar surface area (TPSA) is 41.6 Å². The van der Waals surface area contributed by atoms with E-state index in [2.05, 4.69) is 80.4 Å². The Morgan fingerprint density at radius 2 is 1.69 bits per heavy atom. The largest absolute Gasteiger partial charge is 0.484 e. The van der Waals surface area contributed by atoms with Gasteiger partial charge < -0.3 is 10.1 Å². The summed E-state index contributed by atoms with van der Waals surface area (Å²) in [6.07, 6.45) is 1.95. The van der Waals surface area contributed by atoms with Gasteiger partial charge in [0.15, 0.2) is 6.61 Å². The van der Waals surface area contributed by atoms with Gasteiger partial charge in [-0.3, -0.25) is 9.69 Å². The fourth-order valence-corrected chi connectivity index (χ4v) is 3.84.